The van der Waals surface area contributed by atoms with Crippen LogP contribution < -0.4 is 5.32 Å². The molecule has 7 heteroatoms. The summed E-state index contributed by atoms with van der Waals surface area (Å²) in [5, 5.41) is 6.09. The van der Waals surface area contributed by atoms with Gasteiger partial charge in [0.05, 0.1) is 12.1 Å². The fourth-order valence-corrected chi connectivity index (χ4v) is 1.74. The van der Waals surface area contributed by atoms with Crippen LogP contribution in [0.1, 0.15) is 16.1 Å². The van der Waals surface area contributed by atoms with Gasteiger partial charge < -0.3 is 14.7 Å². The standard InChI is InChI=1S/C14H14FN3O3/c1-9-7-12(17-21-9)16-13(19)8-18(2)14(20)10-5-3-4-6-11(10)15/h3-7H,8H2,1-2H3,(H,16,17,19). The number of benzene rings is 1. The summed E-state index contributed by atoms with van der Waals surface area (Å²) in [5.74, 6) is -0.817. The third kappa shape index (κ3) is 3.65. The first kappa shape index (κ1) is 14.7. The first-order valence-electron chi connectivity index (χ1n) is 6.20. The number of carbonyl (C=O) groups is 2. The molecule has 110 valence electrons. The van der Waals surface area contributed by atoms with E-state index in [0.29, 0.717) is 5.76 Å². The van der Waals surface area contributed by atoms with E-state index in [1.807, 2.05) is 0 Å². The minimum atomic E-state index is -0.623. The van der Waals surface area contributed by atoms with Crippen molar-refractivity contribution in [2.24, 2.45) is 0 Å². The molecular formula is C14H14FN3O3. The number of nitrogens with zero attached hydrogens (tertiary/aromatic N) is 2. The molecule has 0 radical (unpaired) electrons. The lowest BCUT2D eigenvalue weighted by molar-refractivity contribution is -0.116. The summed E-state index contributed by atoms with van der Waals surface area (Å²) in [7, 11) is 1.42. The van der Waals surface area contributed by atoms with Crippen molar-refractivity contribution in [3.05, 3.63) is 47.5 Å². The molecule has 0 aliphatic rings. The minimum absolute atomic E-state index is 0.0786. The average Bonchev–Trinajstić information content (AvgIpc) is 2.83. The molecule has 0 bridgehead atoms. The second kappa shape index (κ2) is 6.17. The molecule has 2 rings (SSSR count). The van der Waals surface area contributed by atoms with Gasteiger partial charge in [-0.05, 0) is 19.1 Å². The fourth-order valence-electron chi connectivity index (χ4n) is 1.74. The van der Waals surface area contributed by atoms with Crippen LogP contribution >= 0.6 is 0 Å². The second-order valence-electron chi connectivity index (χ2n) is 4.51. The molecule has 0 unspecified atom stereocenters. The van der Waals surface area contributed by atoms with Gasteiger partial charge in [0, 0.05) is 13.1 Å². The van der Waals surface area contributed by atoms with Gasteiger partial charge in [-0.2, -0.15) is 0 Å². The molecule has 0 aliphatic carbocycles. The first-order chi connectivity index (χ1) is 9.97. The summed E-state index contributed by atoms with van der Waals surface area (Å²) >= 11 is 0. The van der Waals surface area contributed by atoms with Crippen molar-refractivity contribution in [1.29, 1.82) is 0 Å². The minimum Gasteiger partial charge on any atom is -0.360 e. The van der Waals surface area contributed by atoms with Crippen molar-refractivity contribution in [1.82, 2.24) is 10.1 Å². The first-order valence-corrected chi connectivity index (χ1v) is 6.20. The molecule has 0 atom stereocenters. The van der Waals surface area contributed by atoms with Crippen molar-refractivity contribution in [3.63, 3.8) is 0 Å². The third-order valence-corrected chi connectivity index (χ3v) is 2.73. The Kier molecular flexibility index (Phi) is 4.32. The highest BCUT2D eigenvalue weighted by atomic mass is 19.1. The molecule has 1 aromatic carbocycles. The third-order valence-electron chi connectivity index (χ3n) is 2.73. The van der Waals surface area contributed by atoms with E-state index in [9.17, 15) is 14.0 Å². The highest BCUT2D eigenvalue weighted by Crippen LogP contribution is 2.10. The van der Waals surface area contributed by atoms with Gasteiger partial charge in [0.25, 0.3) is 5.91 Å². The van der Waals surface area contributed by atoms with Gasteiger partial charge in [0.15, 0.2) is 5.82 Å². The lowest BCUT2D eigenvalue weighted by Gasteiger charge is -2.16. The molecule has 0 aliphatic heterocycles. The van der Waals surface area contributed by atoms with Crippen LogP contribution in [0.2, 0.25) is 0 Å². The lowest BCUT2D eigenvalue weighted by Crippen LogP contribution is -2.35. The number of rotatable bonds is 4. The smallest absolute Gasteiger partial charge is 0.257 e. The van der Waals surface area contributed by atoms with Gasteiger partial charge in [-0.1, -0.05) is 17.3 Å². The van der Waals surface area contributed by atoms with E-state index in [4.69, 9.17) is 4.52 Å². The van der Waals surface area contributed by atoms with Crippen LogP contribution in [0.4, 0.5) is 10.2 Å². The zero-order valence-corrected chi connectivity index (χ0v) is 11.6. The van der Waals surface area contributed by atoms with Crippen LogP contribution in [-0.2, 0) is 4.79 Å². The van der Waals surface area contributed by atoms with E-state index in [2.05, 4.69) is 10.5 Å². The highest BCUT2D eigenvalue weighted by molar-refractivity contribution is 5.99. The summed E-state index contributed by atoms with van der Waals surface area (Å²) in [4.78, 5) is 24.9. The predicted octanol–water partition coefficient (Wildman–Crippen LogP) is 1.83. The number of anilines is 1. The Morgan fingerprint density at radius 1 is 1.38 bits per heavy atom. The molecule has 1 heterocycles. The van der Waals surface area contributed by atoms with Crippen LogP contribution in [0.3, 0.4) is 0 Å². The van der Waals surface area contributed by atoms with Crippen LogP contribution in [0.25, 0.3) is 0 Å². The summed E-state index contributed by atoms with van der Waals surface area (Å²) in [6, 6.07) is 7.16. The lowest BCUT2D eigenvalue weighted by atomic mass is 10.2. The Morgan fingerprint density at radius 2 is 2.10 bits per heavy atom. The molecule has 1 aromatic heterocycles. The number of carbonyl (C=O) groups excluding carboxylic acids is 2. The van der Waals surface area contributed by atoms with E-state index in [-0.39, 0.29) is 17.9 Å². The summed E-state index contributed by atoms with van der Waals surface area (Å²) in [6.45, 7) is 1.47. The Balaban J connectivity index is 1.97. The zero-order valence-electron chi connectivity index (χ0n) is 11.6. The average molecular weight is 291 g/mol. The van der Waals surface area contributed by atoms with E-state index in [1.165, 1.54) is 25.2 Å². The number of hydrogen-bond donors (Lipinski definition) is 1. The van der Waals surface area contributed by atoms with Crippen molar-refractivity contribution >= 4 is 17.6 Å². The Hall–Kier alpha value is -2.70. The molecule has 0 saturated carbocycles. The molecule has 6 nitrogen and oxygen atoms in total. The maximum absolute atomic E-state index is 13.5. The zero-order chi connectivity index (χ0) is 15.4. The predicted molar refractivity (Wildman–Crippen MR) is 73.2 cm³/mol. The largest absolute Gasteiger partial charge is 0.360 e. The Labute approximate surface area is 120 Å². The van der Waals surface area contributed by atoms with E-state index >= 15 is 0 Å². The molecular weight excluding hydrogens is 277 g/mol. The molecule has 1 N–H and O–H groups in total. The number of nitrogens with one attached hydrogen (secondary N) is 1. The van der Waals surface area contributed by atoms with Gasteiger partial charge in [-0.15, -0.1) is 0 Å². The maximum atomic E-state index is 13.5. The number of halogens is 1. The Morgan fingerprint density at radius 3 is 2.71 bits per heavy atom. The van der Waals surface area contributed by atoms with Gasteiger partial charge in [0.1, 0.15) is 11.6 Å². The number of aromatic nitrogens is 1. The molecule has 2 amide bonds. The molecule has 0 saturated heterocycles. The van der Waals surface area contributed by atoms with Crippen molar-refractivity contribution in [2.45, 2.75) is 6.92 Å². The monoisotopic (exact) mass is 291 g/mol. The van der Waals surface area contributed by atoms with Gasteiger partial charge in [0.2, 0.25) is 5.91 Å². The number of amides is 2. The maximum Gasteiger partial charge on any atom is 0.257 e. The summed E-state index contributed by atoms with van der Waals surface area (Å²) in [6.07, 6.45) is 0. The van der Waals surface area contributed by atoms with Crippen LogP contribution in [0, 0.1) is 12.7 Å². The van der Waals surface area contributed by atoms with Gasteiger partial charge >= 0.3 is 0 Å². The fraction of sp³-hybridized carbons (Fsp3) is 0.214. The molecule has 0 fully saturated rings. The SMILES string of the molecule is Cc1cc(NC(=O)CN(C)C(=O)c2ccccc2F)no1. The van der Waals surface area contributed by atoms with Crippen LogP contribution in [0.15, 0.2) is 34.9 Å². The van der Waals surface area contributed by atoms with Crippen molar-refractivity contribution < 1.29 is 18.5 Å². The number of hydrogen-bond acceptors (Lipinski definition) is 4. The van der Waals surface area contributed by atoms with E-state index in [0.717, 1.165) is 4.90 Å². The Bertz CT molecular complexity index is 669. The van der Waals surface area contributed by atoms with Crippen LogP contribution in [-0.4, -0.2) is 35.5 Å². The van der Waals surface area contributed by atoms with Gasteiger partial charge in [-0.25, -0.2) is 4.39 Å². The number of likely N-dealkylation sites (N-methyl/N-ethyl adjacent to an activating group) is 1. The van der Waals surface area contributed by atoms with Crippen LogP contribution in [0.5, 0.6) is 0 Å². The van der Waals surface area contributed by atoms with Crippen molar-refractivity contribution in [3.8, 4) is 0 Å². The quantitative estimate of drug-likeness (QED) is 0.932. The van der Waals surface area contributed by atoms with E-state index < -0.39 is 17.6 Å². The highest BCUT2D eigenvalue weighted by Gasteiger charge is 2.18. The summed E-state index contributed by atoms with van der Waals surface area (Å²) in [5.41, 5.74) is -0.0786. The molecule has 21 heavy (non-hydrogen) atoms. The number of aryl methyl sites for hydroxylation is 1. The second-order valence-corrected chi connectivity index (χ2v) is 4.51. The van der Waals surface area contributed by atoms with Gasteiger partial charge in [-0.3, -0.25) is 9.59 Å². The normalized spacial score (nSPS) is 10.2. The summed E-state index contributed by atoms with van der Waals surface area (Å²) < 4.78 is 18.3. The molecule has 0 spiro atoms. The van der Waals surface area contributed by atoms with E-state index in [1.54, 1.807) is 19.1 Å². The molecule has 2 aromatic rings. The topological polar surface area (TPSA) is 75.4 Å². The van der Waals surface area contributed by atoms with Crippen molar-refractivity contribution in [2.75, 3.05) is 18.9 Å².